The molecule has 1 aromatic heterocycles. The summed E-state index contributed by atoms with van der Waals surface area (Å²) in [7, 11) is 2.18. The van der Waals surface area contributed by atoms with Gasteiger partial charge in [-0.1, -0.05) is 6.92 Å². The van der Waals surface area contributed by atoms with E-state index in [2.05, 4.69) is 34.2 Å². The molecule has 2 unspecified atom stereocenters. The van der Waals surface area contributed by atoms with Crippen molar-refractivity contribution in [3.8, 4) is 0 Å². The van der Waals surface area contributed by atoms with Crippen LogP contribution >= 0.6 is 0 Å². The van der Waals surface area contributed by atoms with Crippen LogP contribution in [-0.4, -0.2) is 41.0 Å². The highest BCUT2D eigenvalue weighted by molar-refractivity contribution is 5.27. The number of hydrogen-bond acceptors (Lipinski definition) is 4. The average Bonchev–Trinajstić information content (AvgIpc) is 2.22. The van der Waals surface area contributed by atoms with Crippen molar-refractivity contribution < 1.29 is 0 Å². The Morgan fingerprint density at radius 1 is 1.50 bits per heavy atom. The maximum atomic E-state index is 4.38. The highest BCUT2D eigenvalue weighted by Gasteiger charge is 2.24. The highest BCUT2D eigenvalue weighted by Crippen LogP contribution is 2.18. The third-order valence-corrected chi connectivity index (χ3v) is 3.22. The summed E-state index contributed by atoms with van der Waals surface area (Å²) in [5.41, 5.74) is 1.01. The molecule has 1 aromatic rings. The lowest BCUT2D eigenvalue weighted by Crippen LogP contribution is -2.43. The minimum atomic E-state index is 0.498. The molecular formula is C12H20N4. The first-order valence-electron chi connectivity index (χ1n) is 5.90. The zero-order chi connectivity index (χ0) is 11.5. The number of piperidine rings is 1. The molecule has 88 valence electrons. The summed E-state index contributed by atoms with van der Waals surface area (Å²) >= 11 is 0. The van der Waals surface area contributed by atoms with Gasteiger partial charge < -0.3 is 10.2 Å². The number of nitrogens with one attached hydrogen (secondary N) is 1. The average molecular weight is 220 g/mol. The molecule has 2 heterocycles. The van der Waals surface area contributed by atoms with E-state index in [9.17, 15) is 0 Å². The highest BCUT2D eigenvalue weighted by atomic mass is 15.2. The zero-order valence-corrected chi connectivity index (χ0v) is 10.3. The van der Waals surface area contributed by atoms with E-state index in [0.29, 0.717) is 12.0 Å². The van der Waals surface area contributed by atoms with Crippen molar-refractivity contribution in [2.24, 2.45) is 5.92 Å². The summed E-state index contributed by atoms with van der Waals surface area (Å²) in [6, 6.07) is 2.42. The first-order chi connectivity index (χ1) is 7.65. The molecule has 0 saturated carbocycles. The van der Waals surface area contributed by atoms with Gasteiger partial charge in [0.05, 0.1) is 0 Å². The Morgan fingerprint density at radius 2 is 2.31 bits per heavy atom. The number of aromatic nitrogens is 2. The molecule has 0 spiro atoms. The van der Waals surface area contributed by atoms with E-state index >= 15 is 0 Å². The summed E-state index contributed by atoms with van der Waals surface area (Å²) in [5, 5.41) is 3.44. The summed E-state index contributed by atoms with van der Waals surface area (Å²) < 4.78 is 0. The van der Waals surface area contributed by atoms with Gasteiger partial charge in [-0.15, -0.1) is 0 Å². The van der Waals surface area contributed by atoms with Crippen LogP contribution in [0.4, 0.5) is 5.95 Å². The normalized spacial score (nSPS) is 26.7. The molecule has 0 aliphatic carbocycles. The zero-order valence-electron chi connectivity index (χ0n) is 10.3. The number of hydrogen-bond donors (Lipinski definition) is 1. The quantitative estimate of drug-likeness (QED) is 0.821. The first kappa shape index (κ1) is 11.3. The molecule has 4 nitrogen and oxygen atoms in total. The van der Waals surface area contributed by atoms with E-state index in [4.69, 9.17) is 0 Å². The lowest BCUT2D eigenvalue weighted by atomic mass is 9.94. The smallest absolute Gasteiger partial charge is 0.223 e. The van der Waals surface area contributed by atoms with Crippen molar-refractivity contribution in [2.45, 2.75) is 26.3 Å². The van der Waals surface area contributed by atoms with Crippen LogP contribution in [-0.2, 0) is 0 Å². The van der Waals surface area contributed by atoms with Crippen LogP contribution in [0, 0.1) is 12.8 Å². The standard InChI is InChI=1S/C12H20N4/c1-9-8-16(3)7-5-11(9)15-12-13-6-4-10(2)14-12/h4,6,9,11H,5,7-8H2,1-3H3,(H,13,14,15). The van der Waals surface area contributed by atoms with Crippen LogP contribution in [0.1, 0.15) is 19.0 Å². The predicted octanol–water partition coefficient (Wildman–Crippen LogP) is 1.54. The molecular weight excluding hydrogens is 200 g/mol. The lowest BCUT2D eigenvalue weighted by molar-refractivity contribution is 0.206. The second kappa shape index (κ2) is 4.78. The van der Waals surface area contributed by atoms with Gasteiger partial charge in [0.25, 0.3) is 0 Å². The number of rotatable bonds is 2. The third kappa shape index (κ3) is 2.70. The Balaban J connectivity index is 1.99. The third-order valence-electron chi connectivity index (χ3n) is 3.22. The molecule has 1 fully saturated rings. The van der Waals surface area contributed by atoms with Crippen molar-refractivity contribution in [2.75, 3.05) is 25.5 Å². The van der Waals surface area contributed by atoms with Crippen LogP contribution in [0.15, 0.2) is 12.3 Å². The van der Waals surface area contributed by atoms with Gasteiger partial charge in [-0.25, -0.2) is 9.97 Å². The Labute approximate surface area is 97.1 Å². The van der Waals surface area contributed by atoms with Gasteiger partial charge in [-0.2, -0.15) is 0 Å². The second-order valence-corrected chi connectivity index (χ2v) is 4.80. The van der Waals surface area contributed by atoms with E-state index in [1.54, 1.807) is 0 Å². The Kier molecular flexibility index (Phi) is 3.39. The summed E-state index contributed by atoms with van der Waals surface area (Å²) in [6.07, 6.45) is 2.97. The Morgan fingerprint density at radius 3 is 3.00 bits per heavy atom. The topological polar surface area (TPSA) is 41.1 Å². The number of likely N-dealkylation sites (tertiary alicyclic amines) is 1. The maximum Gasteiger partial charge on any atom is 0.223 e. The molecule has 0 radical (unpaired) electrons. The minimum absolute atomic E-state index is 0.498. The number of aryl methyl sites for hydroxylation is 1. The second-order valence-electron chi connectivity index (χ2n) is 4.80. The molecule has 1 aliphatic heterocycles. The van der Waals surface area contributed by atoms with E-state index < -0.39 is 0 Å². The fourth-order valence-electron chi connectivity index (χ4n) is 2.25. The first-order valence-corrected chi connectivity index (χ1v) is 5.90. The van der Waals surface area contributed by atoms with Crippen LogP contribution in [0.25, 0.3) is 0 Å². The van der Waals surface area contributed by atoms with Crippen LogP contribution in [0.3, 0.4) is 0 Å². The summed E-state index contributed by atoms with van der Waals surface area (Å²) in [4.78, 5) is 11.0. The van der Waals surface area contributed by atoms with E-state index in [0.717, 1.165) is 31.2 Å². The molecule has 2 atom stereocenters. The van der Waals surface area contributed by atoms with Crippen molar-refractivity contribution in [3.63, 3.8) is 0 Å². The van der Waals surface area contributed by atoms with Crippen molar-refractivity contribution in [3.05, 3.63) is 18.0 Å². The molecule has 1 aliphatic rings. The summed E-state index contributed by atoms with van der Waals surface area (Å²) in [5.74, 6) is 1.41. The SMILES string of the molecule is Cc1ccnc(NC2CCN(C)CC2C)n1. The molecule has 1 saturated heterocycles. The maximum absolute atomic E-state index is 4.38. The monoisotopic (exact) mass is 220 g/mol. The molecule has 0 aromatic carbocycles. The van der Waals surface area contributed by atoms with Gasteiger partial charge in [-0.05, 0) is 38.9 Å². The molecule has 16 heavy (non-hydrogen) atoms. The number of anilines is 1. The van der Waals surface area contributed by atoms with Crippen molar-refractivity contribution >= 4 is 5.95 Å². The lowest BCUT2D eigenvalue weighted by Gasteiger charge is -2.35. The van der Waals surface area contributed by atoms with Gasteiger partial charge >= 0.3 is 0 Å². The fourth-order valence-corrected chi connectivity index (χ4v) is 2.25. The number of nitrogens with zero attached hydrogens (tertiary/aromatic N) is 3. The largest absolute Gasteiger partial charge is 0.351 e. The molecule has 0 bridgehead atoms. The summed E-state index contributed by atoms with van der Waals surface area (Å²) in [6.45, 7) is 6.56. The molecule has 2 rings (SSSR count). The van der Waals surface area contributed by atoms with E-state index in [1.807, 2.05) is 19.2 Å². The van der Waals surface area contributed by atoms with Gasteiger partial charge in [0.15, 0.2) is 0 Å². The van der Waals surface area contributed by atoms with Crippen molar-refractivity contribution in [1.29, 1.82) is 0 Å². The molecule has 1 N–H and O–H groups in total. The van der Waals surface area contributed by atoms with Crippen molar-refractivity contribution in [1.82, 2.24) is 14.9 Å². The van der Waals surface area contributed by atoms with Gasteiger partial charge in [0.2, 0.25) is 5.95 Å². The fraction of sp³-hybridized carbons (Fsp3) is 0.667. The Bertz CT molecular complexity index is 353. The molecule has 0 amide bonds. The van der Waals surface area contributed by atoms with E-state index in [1.165, 1.54) is 0 Å². The van der Waals surface area contributed by atoms with Crippen LogP contribution in [0.5, 0.6) is 0 Å². The minimum Gasteiger partial charge on any atom is -0.351 e. The Hall–Kier alpha value is -1.16. The van der Waals surface area contributed by atoms with E-state index in [-0.39, 0.29) is 0 Å². The predicted molar refractivity (Wildman–Crippen MR) is 65.5 cm³/mol. The van der Waals surface area contributed by atoms with Crippen LogP contribution < -0.4 is 5.32 Å². The van der Waals surface area contributed by atoms with Gasteiger partial charge in [0, 0.05) is 24.5 Å². The van der Waals surface area contributed by atoms with Crippen LogP contribution in [0.2, 0.25) is 0 Å². The molecule has 4 heteroatoms. The van der Waals surface area contributed by atoms with Gasteiger partial charge in [0.1, 0.15) is 0 Å². The van der Waals surface area contributed by atoms with Gasteiger partial charge in [-0.3, -0.25) is 0 Å².